The molecule has 0 aromatic rings. The maximum Gasteiger partial charge on any atom is 0.00670 e. The Morgan fingerprint density at radius 1 is 0.875 bits per heavy atom. The van der Waals surface area contributed by atoms with Crippen LogP contribution in [0.4, 0.5) is 0 Å². The lowest BCUT2D eigenvalue weighted by Crippen LogP contribution is -2.30. The molecule has 2 rings (SSSR count). The summed E-state index contributed by atoms with van der Waals surface area (Å²) in [7, 11) is 0. The molecule has 2 aliphatic rings. The standard InChI is InChI=1S/C14H27NS/c1-2-4-6-14(5-3-1)15-10-7-13-8-11-16-12-9-13/h13-15H,1-12H2. The van der Waals surface area contributed by atoms with Gasteiger partial charge in [0.2, 0.25) is 0 Å². The lowest BCUT2D eigenvalue weighted by molar-refractivity contribution is 0.395. The Balaban J connectivity index is 1.55. The van der Waals surface area contributed by atoms with Crippen molar-refractivity contribution in [3.8, 4) is 0 Å². The van der Waals surface area contributed by atoms with Gasteiger partial charge in [-0.3, -0.25) is 0 Å². The van der Waals surface area contributed by atoms with Crippen LogP contribution in [0.25, 0.3) is 0 Å². The van der Waals surface area contributed by atoms with E-state index in [1.54, 1.807) is 0 Å². The number of nitrogens with one attached hydrogen (secondary N) is 1. The monoisotopic (exact) mass is 241 g/mol. The predicted octanol–water partition coefficient (Wildman–Crippen LogP) is 3.83. The fraction of sp³-hybridized carbons (Fsp3) is 1.00. The Morgan fingerprint density at radius 3 is 2.25 bits per heavy atom. The first-order valence-corrected chi connectivity index (χ1v) is 8.42. The van der Waals surface area contributed by atoms with Crippen LogP contribution in [-0.2, 0) is 0 Å². The summed E-state index contributed by atoms with van der Waals surface area (Å²) in [6.45, 7) is 1.28. The van der Waals surface area contributed by atoms with Crippen LogP contribution in [0.5, 0.6) is 0 Å². The van der Waals surface area contributed by atoms with Gasteiger partial charge in [0, 0.05) is 6.04 Å². The van der Waals surface area contributed by atoms with Crippen LogP contribution >= 0.6 is 11.8 Å². The summed E-state index contributed by atoms with van der Waals surface area (Å²) >= 11 is 2.14. The van der Waals surface area contributed by atoms with Crippen molar-refractivity contribution in [1.29, 1.82) is 0 Å². The van der Waals surface area contributed by atoms with Crippen molar-refractivity contribution < 1.29 is 0 Å². The van der Waals surface area contributed by atoms with E-state index in [4.69, 9.17) is 0 Å². The fourth-order valence-electron chi connectivity index (χ4n) is 3.01. The van der Waals surface area contributed by atoms with Crippen LogP contribution in [0.1, 0.15) is 57.8 Å². The number of hydrogen-bond acceptors (Lipinski definition) is 2. The van der Waals surface area contributed by atoms with E-state index in [2.05, 4.69) is 17.1 Å². The second kappa shape index (κ2) is 7.60. The summed E-state index contributed by atoms with van der Waals surface area (Å²) in [4.78, 5) is 0. The molecule has 2 fully saturated rings. The molecule has 94 valence electrons. The molecule has 1 N–H and O–H groups in total. The van der Waals surface area contributed by atoms with Crippen molar-refractivity contribution in [2.24, 2.45) is 5.92 Å². The smallest absolute Gasteiger partial charge is 0.00670 e. The van der Waals surface area contributed by atoms with E-state index >= 15 is 0 Å². The zero-order valence-electron chi connectivity index (χ0n) is 10.5. The lowest BCUT2D eigenvalue weighted by atomic mass is 9.98. The van der Waals surface area contributed by atoms with Crippen LogP contribution < -0.4 is 5.32 Å². The molecule has 1 heterocycles. The Kier molecular flexibility index (Phi) is 6.06. The molecule has 0 aromatic carbocycles. The maximum atomic E-state index is 3.80. The van der Waals surface area contributed by atoms with Gasteiger partial charge in [0.25, 0.3) is 0 Å². The van der Waals surface area contributed by atoms with Crippen LogP contribution in [-0.4, -0.2) is 24.1 Å². The molecule has 0 spiro atoms. The van der Waals surface area contributed by atoms with E-state index in [0.29, 0.717) is 0 Å². The first-order chi connectivity index (χ1) is 7.95. The molecular formula is C14H27NS. The number of thioether (sulfide) groups is 1. The average Bonchev–Trinajstić information content (AvgIpc) is 2.59. The lowest BCUT2D eigenvalue weighted by Gasteiger charge is -2.23. The highest BCUT2D eigenvalue weighted by Crippen LogP contribution is 2.25. The van der Waals surface area contributed by atoms with Crippen molar-refractivity contribution in [2.75, 3.05) is 18.1 Å². The minimum atomic E-state index is 0.848. The third kappa shape index (κ3) is 4.67. The second-order valence-electron chi connectivity index (χ2n) is 5.49. The summed E-state index contributed by atoms with van der Waals surface area (Å²) in [6, 6.07) is 0.848. The van der Waals surface area contributed by atoms with Gasteiger partial charge in [0.05, 0.1) is 0 Å². The summed E-state index contributed by atoms with van der Waals surface area (Å²) < 4.78 is 0. The minimum Gasteiger partial charge on any atom is -0.314 e. The molecule has 0 amide bonds. The zero-order valence-corrected chi connectivity index (χ0v) is 11.4. The zero-order chi connectivity index (χ0) is 11.1. The summed E-state index contributed by atoms with van der Waals surface area (Å²) in [5, 5.41) is 3.80. The normalized spacial score (nSPS) is 25.5. The van der Waals surface area contributed by atoms with Gasteiger partial charge in [-0.1, -0.05) is 25.7 Å². The van der Waals surface area contributed by atoms with Gasteiger partial charge in [-0.15, -0.1) is 0 Å². The van der Waals surface area contributed by atoms with E-state index in [1.165, 1.54) is 75.8 Å². The molecular weight excluding hydrogens is 214 g/mol. The van der Waals surface area contributed by atoms with Gasteiger partial charge in [0.15, 0.2) is 0 Å². The van der Waals surface area contributed by atoms with Gasteiger partial charge in [-0.2, -0.15) is 11.8 Å². The Morgan fingerprint density at radius 2 is 1.56 bits per heavy atom. The van der Waals surface area contributed by atoms with Crippen molar-refractivity contribution in [2.45, 2.75) is 63.8 Å². The largest absolute Gasteiger partial charge is 0.314 e. The summed E-state index contributed by atoms with van der Waals surface area (Å²) in [6.07, 6.45) is 13.1. The van der Waals surface area contributed by atoms with E-state index in [-0.39, 0.29) is 0 Å². The predicted molar refractivity (Wildman–Crippen MR) is 74.2 cm³/mol. The van der Waals surface area contributed by atoms with Gasteiger partial charge < -0.3 is 5.32 Å². The van der Waals surface area contributed by atoms with E-state index in [0.717, 1.165) is 12.0 Å². The maximum absolute atomic E-state index is 3.80. The van der Waals surface area contributed by atoms with Crippen molar-refractivity contribution in [3.63, 3.8) is 0 Å². The summed E-state index contributed by atoms with van der Waals surface area (Å²) in [5.74, 6) is 3.85. The Labute approximate surface area is 105 Å². The number of rotatable bonds is 4. The molecule has 0 bridgehead atoms. The van der Waals surface area contributed by atoms with Gasteiger partial charge in [0.1, 0.15) is 0 Å². The second-order valence-corrected chi connectivity index (χ2v) is 6.71. The highest BCUT2D eigenvalue weighted by molar-refractivity contribution is 7.99. The van der Waals surface area contributed by atoms with Crippen molar-refractivity contribution in [1.82, 2.24) is 5.32 Å². The molecule has 0 atom stereocenters. The molecule has 1 nitrogen and oxygen atoms in total. The fourth-order valence-corrected chi connectivity index (χ4v) is 4.21. The molecule has 0 unspecified atom stereocenters. The molecule has 0 radical (unpaired) electrons. The molecule has 1 saturated carbocycles. The molecule has 1 saturated heterocycles. The minimum absolute atomic E-state index is 0.848. The van der Waals surface area contributed by atoms with Gasteiger partial charge >= 0.3 is 0 Å². The molecule has 16 heavy (non-hydrogen) atoms. The van der Waals surface area contributed by atoms with Crippen LogP contribution in [0, 0.1) is 5.92 Å². The molecule has 2 heteroatoms. The first kappa shape index (κ1) is 12.8. The summed E-state index contributed by atoms with van der Waals surface area (Å²) in [5.41, 5.74) is 0. The van der Waals surface area contributed by atoms with Crippen LogP contribution in [0.3, 0.4) is 0 Å². The van der Waals surface area contributed by atoms with Crippen LogP contribution in [0.15, 0.2) is 0 Å². The quantitative estimate of drug-likeness (QED) is 0.751. The number of hydrogen-bond donors (Lipinski definition) is 1. The third-order valence-corrected chi connectivity index (χ3v) is 5.23. The molecule has 1 aliphatic heterocycles. The van der Waals surface area contributed by atoms with Gasteiger partial charge in [-0.25, -0.2) is 0 Å². The Bertz CT molecular complexity index is 170. The van der Waals surface area contributed by atoms with Gasteiger partial charge in [-0.05, 0) is 56.1 Å². The topological polar surface area (TPSA) is 12.0 Å². The molecule has 1 aliphatic carbocycles. The SMILES string of the molecule is C1CCCC(NCCC2CCSCC2)CC1. The molecule has 0 aromatic heterocycles. The van der Waals surface area contributed by atoms with E-state index < -0.39 is 0 Å². The Hall–Kier alpha value is 0.310. The third-order valence-electron chi connectivity index (χ3n) is 4.18. The van der Waals surface area contributed by atoms with Crippen molar-refractivity contribution >= 4 is 11.8 Å². The van der Waals surface area contributed by atoms with E-state index in [1.807, 2.05) is 0 Å². The van der Waals surface area contributed by atoms with E-state index in [9.17, 15) is 0 Å². The average molecular weight is 241 g/mol. The highest BCUT2D eigenvalue weighted by atomic mass is 32.2. The highest BCUT2D eigenvalue weighted by Gasteiger charge is 2.15. The first-order valence-electron chi connectivity index (χ1n) is 7.26. The van der Waals surface area contributed by atoms with Crippen LogP contribution in [0.2, 0.25) is 0 Å². The van der Waals surface area contributed by atoms with Crippen molar-refractivity contribution in [3.05, 3.63) is 0 Å².